The lowest BCUT2D eigenvalue weighted by Gasteiger charge is -2.12. The second kappa shape index (κ2) is 7.81. The molecule has 0 amide bonds. The van der Waals surface area contributed by atoms with Crippen molar-refractivity contribution in [3.8, 4) is 22.5 Å². The Balaban J connectivity index is 2.19. The summed E-state index contributed by atoms with van der Waals surface area (Å²) in [5, 5.41) is 0. The zero-order chi connectivity index (χ0) is 22.1. The molecule has 0 radical (unpaired) electrons. The standard InChI is InChI=1S/C21H13F6NO2/c1-30-19(29)14-10-17(12-4-2-6-15(8-12)20(22,23)24)28-18(11-14)13-5-3-7-16(9-13)21(25,26)27/h2-11H,1H3. The van der Waals surface area contributed by atoms with Crippen molar-refractivity contribution in [3.63, 3.8) is 0 Å². The Bertz CT molecular complexity index is 1010. The number of methoxy groups -OCH3 is 1. The van der Waals surface area contributed by atoms with Gasteiger partial charge in [-0.2, -0.15) is 26.3 Å². The molecule has 3 aromatic rings. The van der Waals surface area contributed by atoms with E-state index in [0.717, 1.165) is 31.4 Å². The number of esters is 1. The minimum absolute atomic E-state index is 0.0172. The van der Waals surface area contributed by atoms with Gasteiger partial charge in [-0.1, -0.05) is 24.3 Å². The van der Waals surface area contributed by atoms with Crippen LogP contribution in [-0.4, -0.2) is 18.1 Å². The SMILES string of the molecule is COC(=O)c1cc(-c2cccc(C(F)(F)F)c2)nc(-c2cccc(C(F)(F)F)c2)c1. The average molecular weight is 425 g/mol. The van der Waals surface area contributed by atoms with Gasteiger partial charge in [0.25, 0.3) is 0 Å². The Morgan fingerprint density at radius 1 is 0.767 bits per heavy atom. The highest BCUT2D eigenvalue weighted by Crippen LogP contribution is 2.34. The fraction of sp³-hybridized carbons (Fsp3) is 0.143. The van der Waals surface area contributed by atoms with Crippen LogP contribution in [0, 0.1) is 0 Å². The number of nitrogens with zero attached hydrogens (tertiary/aromatic N) is 1. The van der Waals surface area contributed by atoms with Crippen LogP contribution in [-0.2, 0) is 17.1 Å². The van der Waals surface area contributed by atoms with Crippen LogP contribution in [0.2, 0.25) is 0 Å². The first-order chi connectivity index (χ1) is 14.0. The second-order valence-electron chi connectivity index (χ2n) is 6.28. The molecule has 0 saturated carbocycles. The number of carbonyl (C=O) groups excluding carboxylic acids is 1. The largest absolute Gasteiger partial charge is 0.465 e. The zero-order valence-corrected chi connectivity index (χ0v) is 15.3. The summed E-state index contributed by atoms with van der Waals surface area (Å²) in [6.45, 7) is 0. The van der Waals surface area contributed by atoms with Crippen molar-refractivity contribution in [2.75, 3.05) is 7.11 Å². The highest BCUT2D eigenvalue weighted by molar-refractivity contribution is 5.92. The molecule has 0 N–H and O–H groups in total. The normalized spacial score (nSPS) is 12.0. The number of halogens is 6. The Morgan fingerprint density at radius 2 is 1.20 bits per heavy atom. The molecular weight excluding hydrogens is 412 g/mol. The van der Waals surface area contributed by atoms with Crippen LogP contribution in [0.5, 0.6) is 0 Å². The molecule has 1 heterocycles. The van der Waals surface area contributed by atoms with E-state index in [1.165, 1.54) is 36.4 Å². The number of aromatic nitrogens is 1. The molecule has 1 aromatic heterocycles. The summed E-state index contributed by atoms with van der Waals surface area (Å²) in [4.78, 5) is 16.2. The van der Waals surface area contributed by atoms with Gasteiger partial charge in [0.2, 0.25) is 0 Å². The second-order valence-corrected chi connectivity index (χ2v) is 6.28. The lowest BCUT2D eigenvalue weighted by Crippen LogP contribution is -2.06. The molecule has 3 nitrogen and oxygen atoms in total. The molecule has 30 heavy (non-hydrogen) atoms. The van der Waals surface area contributed by atoms with Crippen LogP contribution in [0.3, 0.4) is 0 Å². The van der Waals surface area contributed by atoms with Crippen molar-refractivity contribution in [2.24, 2.45) is 0 Å². The van der Waals surface area contributed by atoms with Crippen molar-refractivity contribution >= 4 is 5.97 Å². The predicted octanol–water partition coefficient (Wildman–Crippen LogP) is 6.24. The maximum atomic E-state index is 13.0. The van der Waals surface area contributed by atoms with Crippen molar-refractivity contribution in [2.45, 2.75) is 12.4 Å². The number of alkyl halides is 6. The van der Waals surface area contributed by atoms with Gasteiger partial charge in [-0.15, -0.1) is 0 Å². The van der Waals surface area contributed by atoms with Crippen LogP contribution >= 0.6 is 0 Å². The van der Waals surface area contributed by atoms with Gasteiger partial charge in [-0.05, 0) is 36.4 Å². The third-order valence-corrected chi connectivity index (χ3v) is 4.22. The first-order valence-electron chi connectivity index (χ1n) is 8.45. The van der Waals surface area contributed by atoms with E-state index < -0.39 is 29.4 Å². The van der Waals surface area contributed by atoms with Gasteiger partial charge >= 0.3 is 18.3 Å². The van der Waals surface area contributed by atoms with Gasteiger partial charge in [0.05, 0.1) is 35.2 Å². The highest BCUT2D eigenvalue weighted by atomic mass is 19.4. The van der Waals surface area contributed by atoms with Gasteiger partial charge in [-0.3, -0.25) is 0 Å². The van der Waals surface area contributed by atoms with Gasteiger partial charge < -0.3 is 4.74 Å². The number of hydrogen-bond acceptors (Lipinski definition) is 3. The lowest BCUT2D eigenvalue weighted by atomic mass is 10.0. The topological polar surface area (TPSA) is 39.2 Å². The van der Waals surface area contributed by atoms with Crippen LogP contribution in [0.25, 0.3) is 22.5 Å². The fourth-order valence-corrected chi connectivity index (χ4v) is 2.77. The number of ether oxygens (including phenoxy) is 1. The molecule has 156 valence electrons. The summed E-state index contributed by atoms with van der Waals surface area (Å²) in [6.07, 6.45) is -9.19. The van der Waals surface area contributed by atoms with Crippen molar-refractivity contribution in [1.82, 2.24) is 4.98 Å². The summed E-state index contributed by atoms with van der Waals surface area (Å²) in [6, 6.07) is 10.9. The van der Waals surface area contributed by atoms with Crippen molar-refractivity contribution in [3.05, 3.63) is 77.4 Å². The van der Waals surface area contributed by atoms with E-state index in [1.807, 2.05) is 0 Å². The molecule has 0 spiro atoms. The van der Waals surface area contributed by atoms with E-state index in [-0.39, 0.29) is 28.1 Å². The van der Waals surface area contributed by atoms with E-state index in [1.54, 1.807) is 0 Å². The fourth-order valence-electron chi connectivity index (χ4n) is 2.77. The van der Waals surface area contributed by atoms with Crippen molar-refractivity contribution < 1.29 is 35.9 Å². The van der Waals surface area contributed by atoms with Gasteiger partial charge in [0.1, 0.15) is 0 Å². The third-order valence-electron chi connectivity index (χ3n) is 4.22. The molecule has 0 fully saturated rings. The van der Waals surface area contributed by atoms with E-state index in [0.29, 0.717) is 0 Å². The molecule has 0 saturated heterocycles. The van der Waals surface area contributed by atoms with Gasteiger partial charge in [0.15, 0.2) is 0 Å². The molecule has 2 aromatic carbocycles. The zero-order valence-electron chi connectivity index (χ0n) is 15.3. The summed E-state index contributed by atoms with van der Waals surface area (Å²) in [7, 11) is 1.11. The first kappa shape index (κ1) is 21.4. The Hall–Kier alpha value is -3.36. The molecule has 0 aliphatic carbocycles. The Kier molecular flexibility index (Phi) is 5.56. The monoisotopic (exact) mass is 425 g/mol. The average Bonchev–Trinajstić information content (AvgIpc) is 2.72. The maximum absolute atomic E-state index is 13.0. The molecular formula is C21H13F6NO2. The molecule has 9 heteroatoms. The molecule has 3 rings (SSSR count). The molecule has 0 aliphatic rings. The van der Waals surface area contributed by atoms with E-state index >= 15 is 0 Å². The number of hydrogen-bond donors (Lipinski definition) is 0. The predicted molar refractivity (Wildman–Crippen MR) is 96.5 cm³/mol. The maximum Gasteiger partial charge on any atom is 0.416 e. The number of benzene rings is 2. The van der Waals surface area contributed by atoms with Crippen LogP contribution < -0.4 is 0 Å². The Morgan fingerprint density at radius 3 is 1.57 bits per heavy atom. The number of pyridine rings is 1. The molecule has 0 atom stereocenters. The minimum Gasteiger partial charge on any atom is -0.465 e. The van der Waals surface area contributed by atoms with E-state index in [4.69, 9.17) is 0 Å². The molecule has 0 bridgehead atoms. The van der Waals surface area contributed by atoms with E-state index in [2.05, 4.69) is 9.72 Å². The quantitative estimate of drug-likeness (QED) is 0.368. The lowest BCUT2D eigenvalue weighted by molar-refractivity contribution is -0.138. The summed E-state index contributed by atoms with van der Waals surface area (Å²) in [5.74, 6) is -0.807. The molecule has 0 aliphatic heterocycles. The van der Waals surface area contributed by atoms with E-state index in [9.17, 15) is 31.1 Å². The smallest absolute Gasteiger partial charge is 0.416 e. The molecule has 0 unspecified atom stereocenters. The summed E-state index contributed by atoms with van der Waals surface area (Å²) < 4.78 is 82.9. The number of carbonyl (C=O) groups is 1. The van der Waals surface area contributed by atoms with Gasteiger partial charge in [-0.25, -0.2) is 9.78 Å². The summed E-state index contributed by atoms with van der Waals surface area (Å²) in [5.41, 5.74) is -1.86. The third kappa shape index (κ3) is 4.61. The van der Waals surface area contributed by atoms with Crippen LogP contribution in [0.1, 0.15) is 21.5 Å². The minimum atomic E-state index is -4.60. The first-order valence-corrected chi connectivity index (χ1v) is 8.45. The van der Waals surface area contributed by atoms with Gasteiger partial charge in [0, 0.05) is 11.1 Å². The summed E-state index contributed by atoms with van der Waals surface area (Å²) >= 11 is 0. The highest BCUT2D eigenvalue weighted by Gasteiger charge is 2.31. The van der Waals surface area contributed by atoms with Crippen LogP contribution in [0.15, 0.2) is 60.7 Å². The van der Waals surface area contributed by atoms with Crippen LogP contribution in [0.4, 0.5) is 26.3 Å². The Labute approximate surface area is 166 Å². The van der Waals surface area contributed by atoms with Crippen molar-refractivity contribution in [1.29, 1.82) is 0 Å². The number of rotatable bonds is 3.